The first-order chi connectivity index (χ1) is 15.1. The number of benzene rings is 1. The molecule has 0 saturated carbocycles. The van der Waals surface area contributed by atoms with Crippen LogP contribution >= 0.6 is 11.3 Å². The third kappa shape index (κ3) is 4.92. The average Bonchev–Trinajstić information content (AvgIpc) is 3.22. The Bertz CT molecular complexity index is 1040. The molecule has 0 aliphatic carbocycles. The van der Waals surface area contributed by atoms with E-state index in [0.29, 0.717) is 31.4 Å². The number of anilines is 1. The van der Waals surface area contributed by atoms with Crippen LogP contribution in [0.25, 0.3) is 10.2 Å². The second kappa shape index (κ2) is 9.54. The predicted octanol–water partition coefficient (Wildman–Crippen LogP) is 2.39. The SMILES string of the molecule is COc1cc(C(=O)N(CCN2CCOCC2)c2nc3ccc(C)cc3s2)nc(OC)n1. The molecule has 3 aromatic rings. The van der Waals surface area contributed by atoms with E-state index in [0.717, 1.165) is 28.9 Å². The fourth-order valence-corrected chi connectivity index (χ4v) is 4.42. The molecular weight excluding hydrogens is 418 g/mol. The molecule has 0 atom stereocenters. The zero-order valence-corrected chi connectivity index (χ0v) is 18.6. The molecule has 1 aliphatic heterocycles. The van der Waals surface area contributed by atoms with Gasteiger partial charge in [-0.1, -0.05) is 17.4 Å². The molecule has 9 nitrogen and oxygen atoms in total. The van der Waals surface area contributed by atoms with E-state index in [1.54, 1.807) is 4.90 Å². The van der Waals surface area contributed by atoms with E-state index in [-0.39, 0.29) is 23.5 Å². The number of amides is 1. The van der Waals surface area contributed by atoms with Crippen molar-refractivity contribution in [2.75, 3.05) is 58.5 Å². The molecule has 0 N–H and O–H groups in total. The molecule has 164 valence electrons. The first kappa shape index (κ1) is 21.4. The first-order valence-electron chi connectivity index (χ1n) is 10.0. The molecule has 0 bridgehead atoms. The molecule has 4 rings (SSSR count). The third-order valence-corrected chi connectivity index (χ3v) is 6.09. The Morgan fingerprint density at radius 1 is 1.16 bits per heavy atom. The summed E-state index contributed by atoms with van der Waals surface area (Å²) in [7, 11) is 2.94. The van der Waals surface area contributed by atoms with Crippen molar-refractivity contribution in [3.63, 3.8) is 0 Å². The van der Waals surface area contributed by atoms with Crippen LogP contribution in [-0.2, 0) is 4.74 Å². The lowest BCUT2D eigenvalue weighted by Gasteiger charge is -2.29. The lowest BCUT2D eigenvalue weighted by atomic mass is 10.2. The Hall–Kier alpha value is -2.82. The number of aromatic nitrogens is 3. The number of fused-ring (bicyclic) bond motifs is 1. The van der Waals surface area contributed by atoms with E-state index in [9.17, 15) is 4.79 Å². The smallest absolute Gasteiger partial charge is 0.320 e. The predicted molar refractivity (Wildman–Crippen MR) is 118 cm³/mol. The van der Waals surface area contributed by atoms with Gasteiger partial charge in [0.1, 0.15) is 5.69 Å². The lowest BCUT2D eigenvalue weighted by molar-refractivity contribution is 0.0391. The van der Waals surface area contributed by atoms with Crippen molar-refractivity contribution < 1.29 is 19.0 Å². The van der Waals surface area contributed by atoms with Gasteiger partial charge < -0.3 is 14.2 Å². The third-order valence-electron chi connectivity index (χ3n) is 5.05. The molecule has 1 aromatic carbocycles. The van der Waals surface area contributed by atoms with Crippen molar-refractivity contribution in [3.05, 3.63) is 35.5 Å². The molecule has 0 spiro atoms. The number of nitrogens with zero attached hydrogens (tertiary/aromatic N) is 5. The van der Waals surface area contributed by atoms with Crippen LogP contribution in [0.1, 0.15) is 16.1 Å². The Morgan fingerprint density at radius 2 is 1.97 bits per heavy atom. The summed E-state index contributed by atoms with van der Waals surface area (Å²) < 4.78 is 16.8. The van der Waals surface area contributed by atoms with Crippen LogP contribution in [0.3, 0.4) is 0 Å². The summed E-state index contributed by atoms with van der Waals surface area (Å²) >= 11 is 1.49. The van der Waals surface area contributed by atoms with Gasteiger partial charge in [0.25, 0.3) is 5.91 Å². The fourth-order valence-electron chi connectivity index (χ4n) is 3.33. The van der Waals surface area contributed by atoms with Gasteiger partial charge >= 0.3 is 6.01 Å². The first-order valence-corrected chi connectivity index (χ1v) is 10.9. The van der Waals surface area contributed by atoms with Crippen LogP contribution in [-0.4, -0.2) is 79.4 Å². The molecule has 1 amide bonds. The van der Waals surface area contributed by atoms with E-state index in [4.69, 9.17) is 19.2 Å². The second-order valence-corrected chi connectivity index (χ2v) is 8.17. The van der Waals surface area contributed by atoms with E-state index < -0.39 is 0 Å². The molecule has 1 saturated heterocycles. The van der Waals surface area contributed by atoms with Gasteiger partial charge in [0.05, 0.1) is 37.6 Å². The van der Waals surface area contributed by atoms with Crippen LogP contribution in [0.2, 0.25) is 0 Å². The zero-order valence-electron chi connectivity index (χ0n) is 17.8. The number of hydrogen-bond donors (Lipinski definition) is 0. The van der Waals surface area contributed by atoms with Gasteiger partial charge in [-0.3, -0.25) is 14.6 Å². The molecule has 1 fully saturated rings. The summed E-state index contributed by atoms with van der Waals surface area (Å²) in [5.74, 6) is -0.00806. The van der Waals surface area contributed by atoms with Gasteiger partial charge in [-0.25, -0.2) is 4.98 Å². The Labute approximate surface area is 184 Å². The van der Waals surface area contributed by atoms with Crippen LogP contribution in [0, 0.1) is 6.92 Å². The van der Waals surface area contributed by atoms with Gasteiger partial charge in [0.15, 0.2) is 5.13 Å². The minimum Gasteiger partial charge on any atom is -0.481 e. The highest BCUT2D eigenvalue weighted by atomic mass is 32.1. The molecule has 0 unspecified atom stereocenters. The van der Waals surface area contributed by atoms with Gasteiger partial charge in [-0.15, -0.1) is 0 Å². The number of ether oxygens (including phenoxy) is 3. The molecule has 3 heterocycles. The van der Waals surface area contributed by atoms with E-state index in [1.165, 1.54) is 31.6 Å². The fraction of sp³-hybridized carbons (Fsp3) is 0.429. The highest BCUT2D eigenvalue weighted by Crippen LogP contribution is 2.30. The number of carbonyl (C=O) groups is 1. The van der Waals surface area contributed by atoms with Crippen molar-refractivity contribution in [1.29, 1.82) is 0 Å². The minimum atomic E-state index is -0.275. The molecule has 0 radical (unpaired) electrons. The maximum atomic E-state index is 13.5. The Kier molecular flexibility index (Phi) is 6.59. The van der Waals surface area contributed by atoms with Crippen molar-refractivity contribution in [1.82, 2.24) is 19.9 Å². The van der Waals surface area contributed by atoms with E-state index in [2.05, 4.69) is 20.9 Å². The average molecular weight is 444 g/mol. The largest absolute Gasteiger partial charge is 0.481 e. The number of rotatable bonds is 7. The van der Waals surface area contributed by atoms with Crippen LogP contribution in [0.4, 0.5) is 5.13 Å². The number of morpholine rings is 1. The topological polar surface area (TPSA) is 89.9 Å². The summed E-state index contributed by atoms with van der Waals surface area (Å²) in [6, 6.07) is 7.68. The number of hydrogen-bond acceptors (Lipinski definition) is 9. The number of carbonyl (C=O) groups excluding carboxylic acids is 1. The van der Waals surface area contributed by atoms with Crippen molar-refractivity contribution in [2.24, 2.45) is 0 Å². The summed E-state index contributed by atoms with van der Waals surface area (Å²) in [5.41, 5.74) is 2.22. The lowest BCUT2D eigenvalue weighted by Crippen LogP contribution is -2.43. The number of thiazole rings is 1. The van der Waals surface area contributed by atoms with Gasteiger partial charge in [-0.2, -0.15) is 9.97 Å². The molecular formula is C21H25N5O4S. The van der Waals surface area contributed by atoms with Crippen LogP contribution < -0.4 is 14.4 Å². The van der Waals surface area contributed by atoms with Crippen molar-refractivity contribution in [2.45, 2.75) is 6.92 Å². The van der Waals surface area contributed by atoms with E-state index in [1.807, 2.05) is 19.1 Å². The minimum absolute atomic E-state index is 0.0794. The summed E-state index contributed by atoms with van der Waals surface area (Å²) in [4.78, 5) is 30.6. The van der Waals surface area contributed by atoms with Crippen molar-refractivity contribution >= 4 is 32.6 Å². The van der Waals surface area contributed by atoms with Gasteiger partial charge in [0, 0.05) is 32.2 Å². The number of methoxy groups -OCH3 is 2. The van der Waals surface area contributed by atoms with Crippen LogP contribution in [0.5, 0.6) is 11.9 Å². The van der Waals surface area contributed by atoms with Gasteiger partial charge in [-0.05, 0) is 24.6 Å². The normalized spacial score (nSPS) is 14.5. The van der Waals surface area contributed by atoms with Crippen LogP contribution in [0.15, 0.2) is 24.3 Å². The van der Waals surface area contributed by atoms with Crippen molar-refractivity contribution in [3.8, 4) is 11.9 Å². The zero-order chi connectivity index (χ0) is 21.8. The quantitative estimate of drug-likeness (QED) is 0.550. The molecule has 1 aliphatic rings. The maximum absolute atomic E-state index is 13.5. The second-order valence-electron chi connectivity index (χ2n) is 7.16. The van der Waals surface area contributed by atoms with E-state index >= 15 is 0 Å². The maximum Gasteiger partial charge on any atom is 0.320 e. The molecule has 10 heteroatoms. The number of aryl methyl sites for hydroxylation is 1. The molecule has 31 heavy (non-hydrogen) atoms. The monoisotopic (exact) mass is 443 g/mol. The molecule has 2 aromatic heterocycles. The summed E-state index contributed by atoms with van der Waals surface area (Å²) in [6.07, 6.45) is 0. The summed E-state index contributed by atoms with van der Waals surface area (Å²) in [6.45, 7) is 6.32. The highest BCUT2D eigenvalue weighted by molar-refractivity contribution is 7.22. The summed E-state index contributed by atoms with van der Waals surface area (Å²) in [5, 5.41) is 0.635. The Morgan fingerprint density at radius 3 is 2.71 bits per heavy atom. The Balaban J connectivity index is 1.67. The highest BCUT2D eigenvalue weighted by Gasteiger charge is 2.25. The standard InChI is InChI=1S/C21H25N5O4S/c1-14-4-5-15-17(12-14)31-21(23-15)26(7-6-25-8-10-30-11-9-25)19(27)16-13-18(28-2)24-20(22-16)29-3/h4-5,12-13H,6-11H2,1-3H3. The van der Waals surface area contributed by atoms with Gasteiger partial charge in [0.2, 0.25) is 5.88 Å².